The van der Waals surface area contributed by atoms with E-state index < -0.39 is 0 Å². The Hall–Kier alpha value is -2.38. The minimum atomic E-state index is -0.0707. The van der Waals surface area contributed by atoms with Crippen LogP contribution >= 0.6 is 24.0 Å². The second kappa shape index (κ2) is 9.71. The van der Waals surface area contributed by atoms with Crippen LogP contribution in [0, 0.1) is 0 Å². The summed E-state index contributed by atoms with van der Waals surface area (Å²) in [5.41, 5.74) is 2.48. The summed E-state index contributed by atoms with van der Waals surface area (Å²) in [5.74, 6) is 1.47. The van der Waals surface area contributed by atoms with Crippen molar-refractivity contribution in [1.29, 1.82) is 0 Å². The zero-order valence-corrected chi connectivity index (χ0v) is 17.6. The normalized spacial score (nSPS) is 15.2. The van der Waals surface area contributed by atoms with E-state index in [1.807, 2.05) is 42.5 Å². The molecule has 1 aliphatic heterocycles. The van der Waals surface area contributed by atoms with E-state index in [4.69, 9.17) is 17.0 Å². The monoisotopic (exact) mass is 413 g/mol. The third-order valence-electron chi connectivity index (χ3n) is 4.33. The van der Waals surface area contributed by atoms with E-state index in [1.54, 1.807) is 30.0 Å². The van der Waals surface area contributed by atoms with E-state index in [1.165, 1.54) is 0 Å². The fourth-order valence-electron chi connectivity index (χ4n) is 2.84. The van der Waals surface area contributed by atoms with Gasteiger partial charge in [0, 0.05) is 24.1 Å². The molecular weight excluding hydrogens is 390 g/mol. The van der Waals surface area contributed by atoms with Crippen molar-refractivity contribution < 1.29 is 9.53 Å². The maximum absolute atomic E-state index is 12.6. The van der Waals surface area contributed by atoms with Crippen LogP contribution in [-0.2, 0) is 10.5 Å². The molecule has 0 radical (unpaired) electrons. The highest BCUT2D eigenvalue weighted by Crippen LogP contribution is 2.28. The first-order valence-corrected chi connectivity index (χ1v) is 10.6. The van der Waals surface area contributed by atoms with Gasteiger partial charge < -0.3 is 10.1 Å². The number of carbonyl (C=O) groups is 1. The summed E-state index contributed by atoms with van der Waals surface area (Å²) in [5, 5.41) is 4.47. The number of hydrogen-bond donors (Lipinski definition) is 1. The van der Waals surface area contributed by atoms with Gasteiger partial charge in [0.2, 0.25) is 0 Å². The lowest BCUT2D eigenvalue weighted by molar-refractivity contribution is -0.122. The highest BCUT2D eigenvalue weighted by molar-refractivity contribution is 7.98. The first kappa shape index (κ1) is 20.4. The van der Waals surface area contributed by atoms with E-state index in [0.717, 1.165) is 40.5 Å². The predicted octanol–water partition coefficient (Wildman–Crippen LogP) is 4.24. The molecule has 0 spiro atoms. The zero-order chi connectivity index (χ0) is 19.9. The summed E-state index contributed by atoms with van der Waals surface area (Å²) in [6.07, 6.45) is 5.57. The number of ether oxygens (including phenoxy) is 1. The van der Waals surface area contributed by atoms with Gasteiger partial charge in [-0.3, -0.25) is 9.69 Å². The molecule has 0 atom stereocenters. The Labute approximate surface area is 175 Å². The second-order valence-corrected chi connectivity index (χ2v) is 7.71. The molecule has 28 heavy (non-hydrogen) atoms. The van der Waals surface area contributed by atoms with Crippen molar-refractivity contribution in [2.75, 3.05) is 13.7 Å². The maximum atomic E-state index is 12.6. The van der Waals surface area contributed by atoms with Crippen LogP contribution < -0.4 is 10.1 Å². The number of aromatic nitrogens is 1. The molecule has 1 aromatic heterocycles. The Morgan fingerprint density at radius 3 is 2.89 bits per heavy atom. The average Bonchev–Trinajstić information content (AvgIpc) is 2.98. The van der Waals surface area contributed by atoms with Crippen molar-refractivity contribution in [2.24, 2.45) is 0 Å². The van der Waals surface area contributed by atoms with Gasteiger partial charge >= 0.3 is 0 Å². The van der Waals surface area contributed by atoms with Crippen LogP contribution in [0.25, 0.3) is 6.08 Å². The summed E-state index contributed by atoms with van der Waals surface area (Å²) >= 11 is 6.95. The quantitative estimate of drug-likeness (QED) is 0.397. The predicted molar refractivity (Wildman–Crippen MR) is 117 cm³/mol. The van der Waals surface area contributed by atoms with Gasteiger partial charge in [-0.15, -0.1) is 11.8 Å². The number of benzene rings is 1. The van der Waals surface area contributed by atoms with Crippen LogP contribution in [0.1, 0.15) is 30.9 Å². The molecule has 0 aliphatic carbocycles. The van der Waals surface area contributed by atoms with E-state index in [9.17, 15) is 4.79 Å². The molecule has 5 nitrogen and oxygen atoms in total. The Balaban J connectivity index is 1.78. The second-order valence-electron chi connectivity index (χ2n) is 6.33. The third kappa shape index (κ3) is 4.91. The highest BCUT2D eigenvalue weighted by Gasteiger charge is 2.29. The molecular formula is C21H23N3O2S2. The van der Waals surface area contributed by atoms with Crippen molar-refractivity contribution >= 4 is 41.1 Å². The van der Waals surface area contributed by atoms with Crippen LogP contribution in [0.3, 0.4) is 0 Å². The van der Waals surface area contributed by atoms with Crippen molar-refractivity contribution in [3.05, 3.63) is 59.4 Å². The Morgan fingerprint density at radius 2 is 2.18 bits per heavy atom. The van der Waals surface area contributed by atoms with Crippen molar-refractivity contribution in [2.45, 2.75) is 30.5 Å². The number of thioether (sulfide) groups is 1. The lowest BCUT2D eigenvalue weighted by Gasteiger charge is -2.12. The van der Waals surface area contributed by atoms with Crippen molar-refractivity contribution in [1.82, 2.24) is 15.2 Å². The van der Waals surface area contributed by atoms with Gasteiger partial charge in [-0.05, 0) is 54.5 Å². The lowest BCUT2D eigenvalue weighted by Crippen LogP contribution is -2.31. The van der Waals surface area contributed by atoms with Crippen LogP contribution in [0.5, 0.6) is 5.75 Å². The van der Waals surface area contributed by atoms with E-state index in [2.05, 4.69) is 17.2 Å². The van der Waals surface area contributed by atoms with Crippen molar-refractivity contribution in [3.63, 3.8) is 0 Å². The minimum absolute atomic E-state index is 0.0707. The molecule has 1 fully saturated rings. The molecule has 1 aromatic carbocycles. The Morgan fingerprint density at radius 1 is 1.32 bits per heavy atom. The van der Waals surface area contributed by atoms with Gasteiger partial charge in [0.05, 0.1) is 12.1 Å². The smallest absolute Gasteiger partial charge is 0.276 e. The first-order chi connectivity index (χ1) is 13.6. The summed E-state index contributed by atoms with van der Waals surface area (Å²) < 4.78 is 5.49. The van der Waals surface area contributed by atoms with Crippen LogP contribution in [0.15, 0.2) is 53.3 Å². The molecule has 3 rings (SSSR count). The van der Waals surface area contributed by atoms with E-state index >= 15 is 0 Å². The molecule has 2 heterocycles. The number of hydrogen-bond acceptors (Lipinski definition) is 5. The summed E-state index contributed by atoms with van der Waals surface area (Å²) in [6, 6.07) is 11.8. The molecule has 1 saturated heterocycles. The molecule has 146 valence electrons. The van der Waals surface area contributed by atoms with Gasteiger partial charge in [0.25, 0.3) is 5.91 Å². The van der Waals surface area contributed by atoms with Crippen LogP contribution in [-0.4, -0.2) is 34.6 Å². The number of methoxy groups -OCH3 is 1. The van der Waals surface area contributed by atoms with Gasteiger partial charge in [-0.2, -0.15) is 0 Å². The molecule has 1 aliphatic rings. The standard InChI is InChI=1S/C21H23N3O2S2/c1-3-4-11-24-20(25)17(23-21(24)27)13-15-8-9-18(26-2)16(12-15)14-28-19-7-5-6-10-22-19/h5-10,12-13H,3-4,11,14H2,1-2H3,(H,23,27)/b17-13+. The van der Waals surface area contributed by atoms with Gasteiger partial charge in [-0.1, -0.05) is 25.5 Å². The first-order valence-electron chi connectivity index (χ1n) is 9.17. The number of nitrogens with zero attached hydrogens (tertiary/aromatic N) is 2. The van der Waals surface area contributed by atoms with Gasteiger partial charge in [0.15, 0.2) is 5.11 Å². The lowest BCUT2D eigenvalue weighted by atomic mass is 10.1. The van der Waals surface area contributed by atoms with Crippen LogP contribution in [0.4, 0.5) is 0 Å². The fraction of sp³-hybridized carbons (Fsp3) is 0.286. The molecule has 1 amide bonds. The molecule has 0 unspecified atom stereocenters. The third-order valence-corrected chi connectivity index (χ3v) is 5.64. The summed E-state index contributed by atoms with van der Waals surface area (Å²) in [4.78, 5) is 18.6. The highest BCUT2D eigenvalue weighted by atomic mass is 32.2. The molecule has 7 heteroatoms. The number of amides is 1. The molecule has 0 saturated carbocycles. The zero-order valence-electron chi connectivity index (χ0n) is 16.0. The largest absolute Gasteiger partial charge is 0.496 e. The number of rotatable bonds is 8. The molecule has 2 aromatic rings. The number of nitrogens with one attached hydrogen (secondary N) is 1. The fourth-order valence-corrected chi connectivity index (χ4v) is 3.97. The minimum Gasteiger partial charge on any atom is -0.496 e. The topological polar surface area (TPSA) is 54.5 Å². The van der Waals surface area contributed by atoms with E-state index in [0.29, 0.717) is 17.4 Å². The van der Waals surface area contributed by atoms with Crippen LogP contribution in [0.2, 0.25) is 0 Å². The van der Waals surface area contributed by atoms with Gasteiger partial charge in [-0.25, -0.2) is 4.98 Å². The van der Waals surface area contributed by atoms with Crippen molar-refractivity contribution in [3.8, 4) is 5.75 Å². The van der Waals surface area contributed by atoms with E-state index in [-0.39, 0.29) is 5.91 Å². The number of pyridine rings is 1. The summed E-state index contributed by atoms with van der Waals surface area (Å²) in [7, 11) is 1.66. The number of unbranched alkanes of at least 4 members (excludes halogenated alkanes) is 1. The average molecular weight is 414 g/mol. The maximum Gasteiger partial charge on any atom is 0.276 e. The summed E-state index contributed by atoms with van der Waals surface area (Å²) in [6.45, 7) is 2.74. The molecule has 0 bridgehead atoms. The number of carbonyl (C=O) groups excluding carboxylic acids is 1. The number of thiocarbonyl (C=S) groups is 1. The Bertz CT molecular complexity index is 884. The SMILES string of the molecule is CCCCN1C(=O)/C(=C\c2ccc(OC)c(CSc3ccccn3)c2)NC1=S. The Kier molecular flexibility index (Phi) is 7.06. The molecule has 1 N–H and O–H groups in total. The van der Waals surface area contributed by atoms with Gasteiger partial charge in [0.1, 0.15) is 11.4 Å².